The highest BCUT2D eigenvalue weighted by Crippen LogP contribution is 2.30. The van der Waals surface area contributed by atoms with Crippen LogP contribution in [0.1, 0.15) is 26.6 Å². The molecule has 27 heavy (non-hydrogen) atoms. The van der Waals surface area contributed by atoms with Crippen molar-refractivity contribution in [2.75, 3.05) is 5.32 Å². The van der Waals surface area contributed by atoms with E-state index in [4.69, 9.17) is 0 Å². The number of thiazole rings is 1. The van der Waals surface area contributed by atoms with Crippen LogP contribution in [-0.2, 0) is 0 Å². The van der Waals surface area contributed by atoms with Gasteiger partial charge in [-0.3, -0.25) is 10.1 Å². The van der Waals surface area contributed by atoms with Crippen molar-refractivity contribution in [2.24, 2.45) is 0 Å². The molecule has 0 fully saturated rings. The summed E-state index contributed by atoms with van der Waals surface area (Å²) in [7, 11) is 0. The lowest BCUT2D eigenvalue weighted by Crippen LogP contribution is -2.12. The van der Waals surface area contributed by atoms with Gasteiger partial charge in [-0.15, -0.1) is 11.3 Å². The zero-order chi connectivity index (χ0) is 19.1. The van der Waals surface area contributed by atoms with Crippen LogP contribution in [0.2, 0.25) is 0 Å². The largest absolute Gasteiger partial charge is 0.298 e. The molecule has 1 N–H and O–H groups in total. The molecule has 8 heteroatoms. The van der Waals surface area contributed by atoms with Crippen molar-refractivity contribution in [1.82, 2.24) is 19.6 Å². The Kier molecular flexibility index (Phi) is 4.19. The number of fused-ring (bicyclic) bond motifs is 1. The molecular weight excluding hydrogens is 365 g/mol. The fourth-order valence-corrected chi connectivity index (χ4v) is 3.75. The summed E-state index contributed by atoms with van der Waals surface area (Å²) in [6.07, 6.45) is 1.51. The normalized spacial score (nSPS) is 11.1. The highest BCUT2D eigenvalue weighted by Gasteiger charge is 2.18. The lowest BCUT2D eigenvalue weighted by Gasteiger charge is -2.02. The van der Waals surface area contributed by atoms with Crippen LogP contribution in [0.4, 0.5) is 9.52 Å². The Bertz CT molecular complexity index is 1160. The Morgan fingerprint density at radius 1 is 1.15 bits per heavy atom. The molecule has 6 nitrogen and oxygen atoms in total. The number of carbonyl (C=O) groups is 1. The molecule has 0 saturated carbocycles. The van der Waals surface area contributed by atoms with Crippen molar-refractivity contribution in [3.8, 4) is 11.3 Å². The average molecular weight is 381 g/mol. The lowest BCUT2D eigenvalue weighted by atomic mass is 10.1. The lowest BCUT2D eigenvalue weighted by molar-refractivity contribution is 0.102. The fraction of sp³-hybridized carbons (Fsp3) is 0.158. The zero-order valence-electron chi connectivity index (χ0n) is 14.9. The summed E-state index contributed by atoms with van der Waals surface area (Å²) in [6, 6.07) is 8.03. The Hall–Kier alpha value is -3.13. The number of rotatable bonds is 3. The van der Waals surface area contributed by atoms with Crippen molar-refractivity contribution in [1.29, 1.82) is 0 Å². The summed E-state index contributed by atoms with van der Waals surface area (Å²) < 4.78 is 14.8. The summed E-state index contributed by atoms with van der Waals surface area (Å²) in [5.74, 6) is -0.617. The smallest absolute Gasteiger partial charge is 0.262 e. The van der Waals surface area contributed by atoms with Crippen LogP contribution >= 0.6 is 11.3 Å². The number of anilines is 1. The van der Waals surface area contributed by atoms with Crippen LogP contribution in [-0.4, -0.2) is 25.5 Å². The Balaban J connectivity index is 1.64. The van der Waals surface area contributed by atoms with Crippen molar-refractivity contribution in [3.05, 3.63) is 64.2 Å². The van der Waals surface area contributed by atoms with Crippen LogP contribution in [0.15, 0.2) is 36.5 Å². The van der Waals surface area contributed by atoms with E-state index in [2.05, 4.69) is 20.4 Å². The predicted octanol–water partition coefficient (Wildman–Crippen LogP) is 4.17. The van der Waals surface area contributed by atoms with Crippen LogP contribution < -0.4 is 5.32 Å². The third kappa shape index (κ3) is 3.19. The minimum Gasteiger partial charge on any atom is -0.298 e. The molecule has 3 aromatic heterocycles. The number of hydrogen-bond donors (Lipinski definition) is 1. The number of nitrogens with zero attached hydrogens (tertiary/aromatic N) is 4. The first-order chi connectivity index (χ1) is 12.9. The molecule has 1 aromatic carbocycles. The minimum absolute atomic E-state index is 0.300. The monoisotopic (exact) mass is 381 g/mol. The maximum Gasteiger partial charge on any atom is 0.262 e. The van der Waals surface area contributed by atoms with Gasteiger partial charge in [0.15, 0.2) is 10.8 Å². The van der Waals surface area contributed by atoms with Gasteiger partial charge in [-0.1, -0.05) is 0 Å². The highest BCUT2D eigenvalue weighted by atomic mass is 32.1. The van der Waals surface area contributed by atoms with Crippen LogP contribution in [0, 0.1) is 26.6 Å². The molecule has 0 spiro atoms. The molecular formula is C19H16FN5OS. The van der Waals surface area contributed by atoms with Gasteiger partial charge in [0.25, 0.3) is 5.91 Å². The SMILES string of the molecule is Cc1cc(C)n2ncc(C(=O)Nc3nc(-c4ccc(F)cc4)c(C)s3)c2n1. The molecule has 4 aromatic rings. The second-order valence-corrected chi connectivity index (χ2v) is 7.42. The molecule has 136 valence electrons. The van der Waals surface area contributed by atoms with Gasteiger partial charge >= 0.3 is 0 Å². The number of nitrogens with one attached hydrogen (secondary N) is 1. The Morgan fingerprint density at radius 2 is 1.89 bits per heavy atom. The number of aryl methyl sites for hydroxylation is 3. The summed E-state index contributed by atoms with van der Waals surface area (Å²) in [5.41, 5.74) is 4.14. The molecule has 1 amide bonds. The Morgan fingerprint density at radius 3 is 2.63 bits per heavy atom. The van der Waals surface area contributed by atoms with Crippen molar-refractivity contribution >= 4 is 28.0 Å². The summed E-state index contributed by atoms with van der Waals surface area (Å²) in [4.78, 5) is 22.6. The van der Waals surface area contributed by atoms with Gasteiger partial charge in [-0.05, 0) is 51.1 Å². The number of amides is 1. The van der Waals surface area contributed by atoms with Crippen LogP contribution in [0.25, 0.3) is 16.9 Å². The molecule has 0 aliphatic rings. The van der Waals surface area contributed by atoms with Crippen molar-refractivity contribution < 1.29 is 9.18 Å². The number of hydrogen-bond acceptors (Lipinski definition) is 5. The first kappa shape index (κ1) is 17.3. The van der Waals surface area contributed by atoms with Crippen LogP contribution in [0.3, 0.4) is 0 Å². The molecule has 0 bridgehead atoms. The quantitative estimate of drug-likeness (QED) is 0.578. The molecule has 0 radical (unpaired) electrons. The second kappa shape index (κ2) is 6.55. The molecule has 4 rings (SSSR count). The third-order valence-corrected chi connectivity index (χ3v) is 5.04. The molecule has 0 aliphatic carbocycles. The van der Waals surface area contributed by atoms with E-state index in [0.717, 1.165) is 27.5 Å². The number of halogens is 1. The first-order valence-corrected chi connectivity index (χ1v) is 9.11. The number of carbonyl (C=O) groups excluding carboxylic acids is 1. The molecule has 0 aliphatic heterocycles. The predicted molar refractivity (Wildman–Crippen MR) is 103 cm³/mol. The maximum atomic E-state index is 13.1. The van der Waals surface area contributed by atoms with E-state index < -0.39 is 0 Å². The van der Waals surface area contributed by atoms with Crippen LogP contribution in [0.5, 0.6) is 0 Å². The highest BCUT2D eigenvalue weighted by molar-refractivity contribution is 7.16. The van der Waals surface area contributed by atoms with E-state index in [1.807, 2.05) is 26.8 Å². The van der Waals surface area contributed by atoms with Gasteiger partial charge in [0, 0.05) is 21.8 Å². The van der Waals surface area contributed by atoms with Crippen molar-refractivity contribution in [3.63, 3.8) is 0 Å². The third-order valence-electron chi connectivity index (χ3n) is 4.16. The van der Waals surface area contributed by atoms with E-state index in [1.54, 1.807) is 16.6 Å². The van der Waals surface area contributed by atoms with E-state index in [0.29, 0.717) is 16.3 Å². The topological polar surface area (TPSA) is 72.2 Å². The number of benzene rings is 1. The first-order valence-electron chi connectivity index (χ1n) is 8.29. The fourth-order valence-electron chi connectivity index (χ4n) is 2.92. The second-order valence-electron chi connectivity index (χ2n) is 6.22. The molecule has 0 saturated heterocycles. The number of aromatic nitrogens is 4. The van der Waals surface area contributed by atoms with E-state index >= 15 is 0 Å². The Labute approximate surface area is 158 Å². The van der Waals surface area contributed by atoms with Gasteiger partial charge in [0.1, 0.15) is 11.4 Å². The summed E-state index contributed by atoms with van der Waals surface area (Å²) in [5, 5.41) is 7.53. The van der Waals surface area contributed by atoms with E-state index in [-0.39, 0.29) is 11.7 Å². The van der Waals surface area contributed by atoms with Gasteiger partial charge < -0.3 is 0 Å². The van der Waals surface area contributed by atoms with Gasteiger partial charge in [-0.25, -0.2) is 18.9 Å². The molecule has 0 atom stereocenters. The van der Waals surface area contributed by atoms with E-state index in [9.17, 15) is 9.18 Å². The molecule has 3 heterocycles. The molecule has 0 unspecified atom stereocenters. The van der Waals surface area contributed by atoms with Crippen molar-refractivity contribution in [2.45, 2.75) is 20.8 Å². The van der Waals surface area contributed by atoms with Gasteiger partial charge in [0.2, 0.25) is 0 Å². The zero-order valence-corrected chi connectivity index (χ0v) is 15.8. The minimum atomic E-state index is -0.318. The standard InChI is InChI=1S/C19H16FN5OS/c1-10-8-11(2)25-17(22-10)15(9-21-25)18(26)24-19-23-16(12(3)27-19)13-4-6-14(20)7-5-13/h4-9H,1-3H3,(H,23,24,26). The summed E-state index contributed by atoms with van der Waals surface area (Å²) >= 11 is 1.37. The van der Waals surface area contributed by atoms with E-state index in [1.165, 1.54) is 29.7 Å². The van der Waals surface area contributed by atoms with Gasteiger partial charge in [-0.2, -0.15) is 5.10 Å². The maximum absolute atomic E-state index is 13.1. The van der Waals surface area contributed by atoms with Gasteiger partial charge in [0.05, 0.1) is 11.9 Å². The summed E-state index contributed by atoms with van der Waals surface area (Å²) in [6.45, 7) is 5.70. The average Bonchev–Trinajstić information content (AvgIpc) is 3.19.